The third-order valence-corrected chi connectivity index (χ3v) is 2.51. The van der Waals surface area contributed by atoms with E-state index in [9.17, 15) is 5.11 Å². The highest BCUT2D eigenvalue weighted by Crippen LogP contribution is 2.30. The number of nitrogens with zero attached hydrogens (tertiary/aromatic N) is 2. The number of H-pyrrole nitrogens is 1. The van der Waals surface area contributed by atoms with Crippen molar-refractivity contribution in [3.8, 4) is 0 Å². The molecule has 0 aromatic carbocycles. The van der Waals surface area contributed by atoms with Gasteiger partial charge in [-0.15, -0.1) is 0 Å². The van der Waals surface area contributed by atoms with E-state index in [0.717, 1.165) is 5.56 Å². The zero-order chi connectivity index (χ0) is 11.7. The molecule has 0 aliphatic rings. The van der Waals surface area contributed by atoms with Crippen molar-refractivity contribution in [3.63, 3.8) is 0 Å². The Labute approximate surface area is 92.3 Å². The summed E-state index contributed by atoms with van der Waals surface area (Å²) >= 11 is 0. The van der Waals surface area contributed by atoms with Crippen molar-refractivity contribution >= 4 is 11.6 Å². The monoisotopic (exact) mass is 219 g/mol. The molecule has 0 amide bonds. The molecule has 0 radical (unpaired) electrons. The first kappa shape index (κ1) is 10.4. The van der Waals surface area contributed by atoms with Gasteiger partial charge >= 0.3 is 0 Å². The Kier molecular flexibility index (Phi) is 2.49. The van der Waals surface area contributed by atoms with Gasteiger partial charge in [-0.2, -0.15) is 5.10 Å². The van der Waals surface area contributed by atoms with E-state index in [1.807, 2.05) is 6.92 Å². The van der Waals surface area contributed by atoms with Crippen LogP contribution in [0.4, 0.5) is 11.6 Å². The predicted molar refractivity (Wildman–Crippen MR) is 60.4 cm³/mol. The summed E-state index contributed by atoms with van der Waals surface area (Å²) in [6.07, 6.45) is 2.17. The molecule has 0 bridgehead atoms. The summed E-state index contributed by atoms with van der Waals surface area (Å²) in [5.41, 5.74) is 13.3. The molecule has 1 unspecified atom stereocenters. The summed E-state index contributed by atoms with van der Waals surface area (Å²) in [7, 11) is 0. The van der Waals surface area contributed by atoms with Crippen LogP contribution in [0.1, 0.15) is 22.8 Å². The molecule has 6 heteroatoms. The topological polar surface area (TPSA) is 114 Å². The van der Waals surface area contributed by atoms with E-state index in [2.05, 4.69) is 15.2 Å². The fraction of sp³-hybridized carbons (Fsp3) is 0.200. The minimum Gasteiger partial charge on any atom is -0.384 e. The van der Waals surface area contributed by atoms with Crippen molar-refractivity contribution in [2.45, 2.75) is 13.0 Å². The van der Waals surface area contributed by atoms with Crippen LogP contribution in [-0.2, 0) is 0 Å². The molecule has 6 N–H and O–H groups in total. The molecular formula is C10H13N5O. The van der Waals surface area contributed by atoms with E-state index in [1.165, 1.54) is 6.20 Å². The third kappa shape index (κ3) is 1.59. The van der Waals surface area contributed by atoms with Crippen LogP contribution in [0, 0.1) is 6.92 Å². The molecule has 1 atom stereocenters. The largest absolute Gasteiger partial charge is 0.384 e. The van der Waals surface area contributed by atoms with E-state index >= 15 is 0 Å². The Morgan fingerprint density at radius 1 is 1.44 bits per heavy atom. The van der Waals surface area contributed by atoms with Gasteiger partial charge in [0.25, 0.3) is 0 Å². The molecule has 2 aromatic rings. The zero-order valence-corrected chi connectivity index (χ0v) is 8.81. The van der Waals surface area contributed by atoms with Gasteiger partial charge in [0.2, 0.25) is 0 Å². The number of aromatic nitrogens is 3. The second-order valence-electron chi connectivity index (χ2n) is 3.57. The number of aliphatic hydroxyl groups is 1. The van der Waals surface area contributed by atoms with Crippen molar-refractivity contribution in [2.24, 2.45) is 0 Å². The molecular weight excluding hydrogens is 206 g/mol. The molecule has 2 aromatic heterocycles. The Bertz CT molecular complexity index is 487. The van der Waals surface area contributed by atoms with Gasteiger partial charge in [-0.05, 0) is 18.6 Å². The minimum atomic E-state index is -0.910. The molecule has 0 aliphatic heterocycles. The summed E-state index contributed by atoms with van der Waals surface area (Å²) in [5.74, 6) is 0.628. The van der Waals surface area contributed by atoms with Gasteiger partial charge in [-0.3, -0.25) is 5.10 Å². The summed E-state index contributed by atoms with van der Waals surface area (Å²) < 4.78 is 0. The fourth-order valence-electron chi connectivity index (χ4n) is 1.63. The Balaban J connectivity index is 2.49. The van der Waals surface area contributed by atoms with Crippen LogP contribution in [0.5, 0.6) is 0 Å². The first-order chi connectivity index (χ1) is 7.61. The molecule has 84 valence electrons. The van der Waals surface area contributed by atoms with Gasteiger partial charge in [0.15, 0.2) is 0 Å². The van der Waals surface area contributed by atoms with E-state index in [-0.39, 0.29) is 0 Å². The maximum Gasteiger partial charge on any atom is 0.129 e. The van der Waals surface area contributed by atoms with Crippen LogP contribution < -0.4 is 11.5 Å². The number of aromatic amines is 1. The maximum absolute atomic E-state index is 10.2. The van der Waals surface area contributed by atoms with E-state index in [4.69, 9.17) is 11.5 Å². The molecule has 0 saturated heterocycles. The highest BCUT2D eigenvalue weighted by atomic mass is 16.3. The van der Waals surface area contributed by atoms with Gasteiger partial charge in [0.1, 0.15) is 17.7 Å². The standard InChI is InChI=1S/C10H13N5O/c1-5-2-3-13-10(12)7(5)8(16)6-4-14-15-9(6)11/h2-4,8,16H,1H3,(H2,12,13)(H3,11,14,15). The molecule has 2 heterocycles. The number of pyridine rings is 1. The lowest BCUT2D eigenvalue weighted by Gasteiger charge is -2.14. The first-order valence-corrected chi connectivity index (χ1v) is 4.79. The quantitative estimate of drug-likeness (QED) is 0.582. The summed E-state index contributed by atoms with van der Waals surface area (Å²) in [6.45, 7) is 1.85. The third-order valence-electron chi connectivity index (χ3n) is 2.51. The highest BCUT2D eigenvalue weighted by molar-refractivity contribution is 5.52. The SMILES string of the molecule is Cc1ccnc(N)c1C(O)c1cn[nH]c1N. The lowest BCUT2D eigenvalue weighted by atomic mass is 10.0. The Morgan fingerprint density at radius 2 is 2.19 bits per heavy atom. The molecule has 0 aliphatic carbocycles. The molecule has 0 spiro atoms. The average Bonchev–Trinajstić information content (AvgIpc) is 2.64. The van der Waals surface area contributed by atoms with E-state index in [0.29, 0.717) is 22.8 Å². The van der Waals surface area contributed by atoms with Crippen LogP contribution >= 0.6 is 0 Å². The van der Waals surface area contributed by atoms with Gasteiger partial charge < -0.3 is 16.6 Å². The second kappa shape index (κ2) is 3.82. The van der Waals surface area contributed by atoms with Gasteiger partial charge in [0, 0.05) is 17.3 Å². The maximum atomic E-state index is 10.2. The van der Waals surface area contributed by atoms with Crippen LogP contribution in [0.2, 0.25) is 0 Å². The van der Waals surface area contributed by atoms with Crippen molar-refractivity contribution in [2.75, 3.05) is 11.5 Å². The van der Waals surface area contributed by atoms with Crippen molar-refractivity contribution in [1.29, 1.82) is 0 Å². The number of nitrogen functional groups attached to an aromatic ring is 2. The number of hydrogen-bond acceptors (Lipinski definition) is 5. The summed E-state index contributed by atoms with van der Waals surface area (Å²) in [4.78, 5) is 3.95. The normalized spacial score (nSPS) is 12.6. The number of aliphatic hydroxyl groups excluding tert-OH is 1. The van der Waals surface area contributed by atoms with Crippen molar-refractivity contribution < 1.29 is 5.11 Å². The van der Waals surface area contributed by atoms with Gasteiger partial charge in [-0.1, -0.05) is 0 Å². The van der Waals surface area contributed by atoms with Crippen molar-refractivity contribution in [1.82, 2.24) is 15.2 Å². The zero-order valence-electron chi connectivity index (χ0n) is 8.81. The fourth-order valence-corrected chi connectivity index (χ4v) is 1.63. The van der Waals surface area contributed by atoms with Gasteiger partial charge in [-0.25, -0.2) is 4.98 Å². The van der Waals surface area contributed by atoms with Crippen LogP contribution in [0.25, 0.3) is 0 Å². The number of hydrogen-bond donors (Lipinski definition) is 4. The lowest BCUT2D eigenvalue weighted by Crippen LogP contribution is -2.08. The Morgan fingerprint density at radius 3 is 2.75 bits per heavy atom. The molecule has 0 saturated carbocycles. The molecule has 2 rings (SSSR count). The summed E-state index contributed by atoms with van der Waals surface area (Å²) in [5, 5.41) is 16.5. The number of nitrogens with one attached hydrogen (secondary N) is 1. The minimum absolute atomic E-state index is 0.299. The number of aryl methyl sites for hydroxylation is 1. The van der Waals surface area contributed by atoms with Crippen LogP contribution in [-0.4, -0.2) is 20.3 Å². The smallest absolute Gasteiger partial charge is 0.129 e. The van der Waals surface area contributed by atoms with E-state index in [1.54, 1.807) is 12.3 Å². The average molecular weight is 219 g/mol. The van der Waals surface area contributed by atoms with Crippen LogP contribution in [0.15, 0.2) is 18.5 Å². The number of nitrogens with two attached hydrogens (primary N) is 2. The predicted octanol–water partition coefficient (Wildman–Crippen LogP) is 0.359. The number of anilines is 2. The second-order valence-corrected chi connectivity index (χ2v) is 3.57. The first-order valence-electron chi connectivity index (χ1n) is 4.79. The van der Waals surface area contributed by atoms with Crippen molar-refractivity contribution in [3.05, 3.63) is 35.2 Å². The summed E-state index contributed by atoms with van der Waals surface area (Å²) in [6, 6.07) is 1.78. The molecule has 16 heavy (non-hydrogen) atoms. The highest BCUT2D eigenvalue weighted by Gasteiger charge is 2.20. The molecule has 6 nitrogen and oxygen atoms in total. The Hall–Kier alpha value is -2.08. The molecule has 0 fully saturated rings. The van der Waals surface area contributed by atoms with Gasteiger partial charge in [0.05, 0.1) is 6.20 Å². The van der Waals surface area contributed by atoms with Crippen LogP contribution in [0.3, 0.4) is 0 Å². The lowest BCUT2D eigenvalue weighted by molar-refractivity contribution is 0.221. The van der Waals surface area contributed by atoms with E-state index < -0.39 is 6.10 Å². The number of rotatable bonds is 2.